The number of nitrogens with zero attached hydrogens (tertiary/aromatic N) is 2. The minimum atomic E-state index is 0.00943. The molecule has 0 saturated carbocycles. The Morgan fingerprint density at radius 3 is 2.64 bits per heavy atom. The molecule has 1 aliphatic rings. The maximum atomic E-state index is 5.97. The second-order valence-electron chi connectivity index (χ2n) is 6.28. The lowest BCUT2D eigenvalue weighted by molar-refractivity contribution is -0.00682. The Morgan fingerprint density at radius 2 is 1.95 bits per heavy atom. The first-order chi connectivity index (χ1) is 10.6. The minimum Gasteiger partial charge on any atom is -0.379 e. The summed E-state index contributed by atoms with van der Waals surface area (Å²) in [6, 6.07) is 10.4. The smallest absolute Gasteiger partial charge is 0.188 e. The Balaban J connectivity index is 1.74. The first-order valence-electron chi connectivity index (χ1n) is 7.98. The molecule has 0 bridgehead atoms. The van der Waals surface area contributed by atoms with E-state index in [2.05, 4.69) is 53.3 Å². The third-order valence-electron chi connectivity index (χ3n) is 4.07. The van der Waals surface area contributed by atoms with Crippen molar-refractivity contribution >= 4 is 5.96 Å². The SMILES string of the molecule is CC(C)(CN=C(N)NCCc1ccccc1)N1CCOCC1. The molecular formula is C17H28N4O. The summed E-state index contributed by atoms with van der Waals surface area (Å²) in [7, 11) is 0. The highest BCUT2D eigenvalue weighted by atomic mass is 16.5. The number of nitrogens with one attached hydrogen (secondary N) is 1. The maximum absolute atomic E-state index is 5.97. The van der Waals surface area contributed by atoms with Gasteiger partial charge in [-0.05, 0) is 25.8 Å². The molecule has 1 fully saturated rings. The zero-order valence-electron chi connectivity index (χ0n) is 13.7. The van der Waals surface area contributed by atoms with Gasteiger partial charge in [0.1, 0.15) is 0 Å². The van der Waals surface area contributed by atoms with Crippen LogP contribution < -0.4 is 11.1 Å². The standard InChI is InChI=1S/C17H28N4O/c1-17(2,21-10-12-22-13-11-21)14-20-16(18)19-9-8-15-6-4-3-5-7-15/h3-7H,8-14H2,1-2H3,(H3,18,19,20). The van der Waals surface area contributed by atoms with Gasteiger partial charge in [0.05, 0.1) is 19.8 Å². The zero-order chi connectivity index (χ0) is 15.8. The van der Waals surface area contributed by atoms with Crippen LogP contribution >= 0.6 is 0 Å². The normalized spacial score (nSPS) is 17.5. The average Bonchev–Trinajstić information content (AvgIpc) is 2.55. The van der Waals surface area contributed by atoms with Crippen molar-refractivity contribution in [3.8, 4) is 0 Å². The summed E-state index contributed by atoms with van der Waals surface area (Å²) in [5, 5.41) is 3.19. The van der Waals surface area contributed by atoms with Crippen molar-refractivity contribution in [3.63, 3.8) is 0 Å². The van der Waals surface area contributed by atoms with Crippen LogP contribution in [0, 0.1) is 0 Å². The summed E-state index contributed by atoms with van der Waals surface area (Å²) in [6.45, 7) is 9.44. The van der Waals surface area contributed by atoms with Crippen LogP contribution in [-0.4, -0.2) is 55.8 Å². The molecule has 22 heavy (non-hydrogen) atoms. The van der Waals surface area contributed by atoms with Crippen LogP contribution in [-0.2, 0) is 11.2 Å². The van der Waals surface area contributed by atoms with Crippen LogP contribution in [0.1, 0.15) is 19.4 Å². The van der Waals surface area contributed by atoms with Gasteiger partial charge in [-0.1, -0.05) is 30.3 Å². The van der Waals surface area contributed by atoms with Gasteiger partial charge >= 0.3 is 0 Å². The van der Waals surface area contributed by atoms with E-state index in [4.69, 9.17) is 10.5 Å². The van der Waals surface area contributed by atoms with E-state index >= 15 is 0 Å². The molecule has 3 N–H and O–H groups in total. The van der Waals surface area contributed by atoms with E-state index in [9.17, 15) is 0 Å². The summed E-state index contributed by atoms with van der Waals surface area (Å²) in [4.78, 5) is 6.92. The molecule has 0 spiro atoms. The van der Waals surface area contributed by atoms with Gasteiger partial charge in [-0.2, -0.15) is 0 Å². The van der Waals surface area contributed by atoms with E-state index in [-0.39, 0.29) is 5.54 Å². The van der Waals surface area contributed by atoms with Crippen molar-refractivity contribution in [2.45, 2.75) is 25.8 Å². The number of rotatable bonds is 6. The van der Waals surface area contributed by atoms with E-state index in [0.717, 1.165) is 39.3 Å². The molecule has 5 nitrogen and oxygen atoms in total. The Kier molecular flexibility index (Phi) is 6.21. The molecule has 1 aromatic rings. The zero-order valence-corrected chi connectivity index (χ0v) is 13.7. The van der Waals surface area contributed by atoms with Crippen molar-refractivity contribution in [1.82, 2.24) is 10.2 Å². The summed E-state index contributed by atoms with van der Waals surface area (Å²) in [5.41, 5.74) is 7.28. The maximum Gasteiger partial charge on any atom is 0.188 e. The molecule has 2 rings (SSSR count). The molecule has 0 atom stereocenters. The van der Waals surface area contributed by atoms with E-state index in [1.165, 1.54) is 5.56 Å². The van der Waals surface area contributed by atoms with E-state index in [1.807, 2.05) is 6.07 Å². The van der Waals surface area contributed by atoms with Crippen molar-refractivity contribution in [3.05, 3.63) is 35.9 Å². The Bertz CT molecular complexity index is 467. The van der Waals surface area contributed by atoms with Gasteiger partial charge in [-0.25, -0.2) is 0 Å². The molecule has 0 radical (unpaired) electrons. The second-order valence-corrected chi connectivity index (χ2v) is 6.28. The molecule has 0 aromatic heterocycles. The third-order valence-corrected chi connectivity index (χ3v) is 4.07. The van der Waals surface area contributed by atoms with Gasteiger partial charge in [-0.3, -0.25) is 9.89 Å². The number of morpholine rings is 1. The summed E-state index contributed by atoms with van der Waals surface area (Å²) < 4.78 is 5.40. The van der Waals surface area contributed by atoms with Crippen molar-refractivity contribution in [2.75, 3.05) is 39.4 Å². The van der Waals surface area contributed by atoms with Gasteiger partial charge < -0.3 is 15.8 Å². The molecule has 0 amide bonds. The highest BCUT2D eigenvalue weighted by molar-refractivity contribution is 5.77. The van der Waals surface area contributed by atoms with Gasteiger partial charge in [0, 0.05) is 25.2 Å². The van der Waals surface area contributed by atoms with Crippen LogP contribution in [0.3, 0.4) is 0 Å². The molecule has 1 aliphatic heterocycles. The molecule has 1 saturated heterocycles. The predicted octanol–water partition coefficient (Wildman–Crippen LogP) is 1.24. The Labute approximate surface area is 133 Å². The van der Waals surface area contributed by atoms with Crippen LogP contribution in [0.15, 0.2) is 35.3 Å². The van der Waals surface area contributed by atoms with Crippen LogP contribution in [0.5, 0.6) is 0 Å². The Morgan fingerprint density at radius 1 is 1.27 bits per heavy atom. The Hall–Kier alpha value is -1.59. The summed E-state index contributed by atoms with van der Waals surface area (Å²) in [6.07, 6.45) is 0.948. The highest BCUT2D eigenvalue weighted by Crippen LogP contribution is 2.16. The first-order valence-corrected chi connectivity index (χ1v) is 7.98. The topological polar surface area (TPSA) is 62.9 Å². The summed E-state index contributed by atoms with van der Waals surface area (Å²) >= 11 is 0. The van der Waals surface area contributed by atoms with E-state index < -0.39 is 0 Å². The fourth-order valence-corrected chi connectivity index (χ4v) is 2.58. The van der Waals surface area contributed by atoms with Crippen molar-refractivity contribution < 1.29 is 4.74 Å². The lowest BCUT2D eigenvalue weighted by Gasteiger charge is -2.39. The van der Waals surface area contributed by atoms with Crippen molar-refractivity contribution in [1.29, 1.82) is 0 Å². The highest BCUT2D eigenvalue weighted by Gasteiger charge is 2.27. The quantitative estimate of drug-likeness (QED) is 0.613. The molecule has 1 aromatic carbocycles. The second kappa shape index (κ2) is 8.15. The van der Waals surface area contributed by atoms with E-state index in [1.54, 1.807) is 0 Å². The molecular weight excluding hydrogens is 276 g/mol. The lowest BCUT2D eigenvalue weighted by atomic mass is 10.0. The van der Waals surface area contributed by atoms with Crippen LogP contribution in [0.4, 0.5) is 0 Å². The fraction of sp³-hybridized carbons (Fsp3) is 0.588. The third kappa shape index (κ3) is 5.31. The molecule has 5 heteroatoms. The number of ether oxygens (including phenoxy) is 1. The van der Waals surface area contributed by atoms with Gasteiger partial charge in [0.25, 0.3) is 0 Å². The summed E-state index contributed by atoms with van der Waals surface area (Å²) in [5.74, 6) is 0.525. The van der Waals surface area contributed by atoms with Crippen LogP contribution in [0.2, 0.25) is 0 Å². The van der Waals surface area contributed by atoms with Gasteiger partial charge in [0.2, 0.25) is 0 Å². The number of hydrogen-bond donors (Lipinski definition) is 2. The predicted molar refractivity (Wildman–Crippen MR) is 91.1 cm³/mol. The number of nitrogens with two attached hydrogens (primary N) is 1. The van der Waals surface area contributed by atoms with E-state index in [0.29, 0.717) is 12.5 Å². The minimum absolute atomic E-state index is 0.00943. The molecule has 1 heterocycles. The average molecular weight is 304 g/mol. The fourth-order valence-electron chi connectivity index (χ4n) is 2.58. The van der Waals surface area contributed by atoms with Gasteiger partial charge in [-0.15, -0.1) is 0 Å². The largest absolute Gasteiger partial charge is 0.379 e. The first kappa shape index (κ1) is 16.8. The van der Waals surface area contributed by atoms with Crippen LogP contribution in [0.25, 0.3) is 0 Å². The molecule has 0 unspecified atom stereocenters. The molecule has 0 aliphatic carbocycles. The lowest BCUT2D eigenvalue weighted by Crippen LogP contribution is -2.52. The number of guanidine groups is 1. The number of hydrogen-bond acceptors (Lipinski definition) is 3. The van der Waals surface area contributed by atoms with Crippen molar-refractivity contribution in [2.24, 2.45) is 10.7 Å². The molecule has 122 valence electrons. The van der Waals surface area contributed by atoms with Gasteiger partial charge in [0.15, 0.2) is 5.96 Å². The number of aliphatic imine (C=N–C) groups is 1. The monoisotopic (exact) mass is 304 g/mol. The number of benzene rings is 1.